The molecule has 2 heterocycles. The van der Waals surface area contributed by atoms with Crippen molar-refractivity contribution in [2.24, 2.45) is 0 Å². The molecule has 1 N–H and O–H groups in total. The summed E-state index contributed by atoms with van der Waals surface area (Å²) in [6.45, 7) is 6.23. The van der Waals surface area contributed by atoms with Crippen molar-refractivity contribution >= 4 is 17.5 Å². The van der Waals surface area contributed by atoms with Gasteiger partial charge in [0.25, 0.3) is 0 Å². The third-order valence-electron chi connectivity index (χ3n) is 3.52. The molecule has 104 valence electrons. The lowest BCUT2D eigenvalue weighted by atomic mass is 10.2. The molecule has 0 saturated carbocycles. The highest BCUT2D eigenvalue weighted by Gasteiger charge is 2.15. The van der Waals surface area contributed by atoms with Gasteiger partial charge >= 0.3 is 0 Å². The molecule has 1 fully saturated rings. The van der Waals surface area contributed by atoms with E-state index in [0.29, 0.717) is 0 Å². The number of aryl methyl sites for hydroxylation is 2. The SMILES string of the molecule is Cc1cccc(Nc2cc(C)nc(N3CCCC3)n2)c1. The number of benzene rings is 1. The second-order valence-corrected chi connectivity index (χ2v) is 5.38. The van der Waals surface area contributed by atoms with Gasteiger partial charge in [0.1, 0.15) is 5.82 Å². The van der Waals surface area contributed by atoms with Gasteiger partial charge in [-0.1, -0.05) is 12.1 Å². The van der Waals surface area contributed by atoms with Crippen LogP contribution in [0.3, 0.4) is 0 Å². The van der Waals surface area contributed by atoms with Crippen LogP contribution in [0.4, 0.5) is 17.5 Å². The van der Waals surface area contributed by atoms with Crippen molar-refractivity contribution in [3.05, 3.63) is 41.6 Å². The number of aromatic nitrogens is 2. The molecule has 1 aliphatic heterocycles. The van der Waals surface area contributed by atoms with Crippen molar-refractivity contribution in [1.29, 1.82) is 0 Å². The fraction of sp³-hybridized carbons (Fsp3) is 0.375. The topological polar surface area (TPSA) is 41.1 Å². The second kappa shape index (κ2) is 5.49. The fourth-order valence-corrected chi connectivity index (χ4v) is 2.55. The Kier molecular flexibility index (Phi) is 3.54. The third-order valence-corrected chi connectivity index (χ3v) is 3.52. The first-order chi connectivity index (χ1) is 9.70. The van der Waals surface area contributed by atoms with E-state index >= 15 is 0 Å². The maximum atomic E-state index is 4.64. The monoisotopic (exact) mass is 268 g/mol. The van der Waals surface area contributed by atoms with Crippen molar-refractivity contribution in [1.82, 2.24) is 9.97 Å². The van der Waals surface area contributed by atoms with Crippen LogP contribution in [0.25, 0.3) is 0 Å². The van der Waals surface area contributed by atoms with Gasteiger partial charge in [0.2, 0.25) is 5.95 Å². The quantitative estimate of drug-likeness (QED) is 0.926. The van der Waals surface area contributed by atoms with Gasteiger partial charge in [0, 0.05) is 30.5 Å². The summed E-state index contributed by atoms with van der Waals surface area (Å²) < 4.78 is 0. The summed E-state index contributed by atoms with van der Waals surface area (Å²) in [5.74, 6) is 1.71. The van der Waals surface area contributed by atoms with Gasteiger partial charge in [-0.3, -0.25) is 0 Å². The van der Waals surface area contributed by atoms with Gasteiger partial charge in [-0.2, -0.15) is 4.98 Å². The fourth-order valence-electron chi connectivity index (χ4n) is 2.55. The van der Waals surface area contributed by atoms with Crippen LogP contribution in [0.15, 0.2) is 30.3 Å². The summed E-state index contributed by atoms with van der Waals surface area (Å²) in [6.07, 6.45) is 2.47. The van der Waals surface area contributed by atoms with Crippen LogP contribution in [0.5, 0.6) is 0 Å². The second-order valence-electron chi connectivity index (χ2n) is 5.38. The zero-order chi connectivity index (χ0) is 13.9. The predicted octanol–water partition coefficient (Wildman–Crippen LogP) is 3.44. The zero-order valence-corrected chi connectivity index (χ0v) is 12.1. The molecule has 0 radical (unpaired) electrons. The first-order valence-electron chi connectivity index (χ1n) is 7.15. The van der Waals surface area contributed by atoms with E-state index < -0.39 is 0 Å². The van der Waals surface area contributed by atoms with Gasteiger partial charge in [-0.05, 0) is 44.4 Å². The largest absolute Gasteiger partial charge is 0.341 e. The number of hydrogen-bond acceptors (Lipinski definition) is 4. The van der Waals surface area contributed by atoms with Gasteiger partial charge < -0.3 is 10.2 Å². The van der Waals surface area contributed by atoms with Crippen LogP contribution >= 0.6 is 0 Å². The number of nitrogens with one attached hydrogen (secondary N) is 1. The molecule has 4 nitrogen and oxygen atoms in total. The lowest BCUT2D eigenvalue weighted by Gasteiger charge is -2.17. The maximum absolute atomic E-state index is 4.64. The Balaban J connectivity index is 1.85. The number of nitrogens with zero attached hydrogens (tertiary/aromatic N) is 3. The molecule has 0 unspecified atom stereocenters. The summed E-state index contributed by atoms with van der Waals surface area (Å²) in [5.41, 5.74) is 3.30. The van der Waals surface area contributed by atoms with Crippen LogP contribution in [-0.2, 0) is 0 Å². The molecule has 1 aromatic heterocycles. The lowest BCUT2D eigenvalue weighted by Crippen LogP contribution is -2.21. The average Bonchev–Trinajstić information content (AvgIpc) is 2.91. The first-order valence-corrected chi connectivity index (χ1v) is 7.15. The molecule has 3 rings (SSSR count). The highest BCUT2D eigenvalue weighted by Crippen LogP contribution is 2.21. The molecule has 0 amide bonds. The number of hydrogen-bond donors (Lipinski definition) is 1. The molecule has 20 heavy (non-hydrogen) atoms. The van der Waals surface area contributed by atoms with E-state index in [1.54, 1.807) is 0 Å². The van der Waals surface area contributed by atoms with Crippen molar-refractivity contribution < 1.29 is 0 Å². The van der Waals surface area contributed by atoms with Crippen LogP contribution < -0.4 is 10.2 Å². The minimum Gasteiger partial charge on any atom is -0.341 e. The minimum absolute atomic E-state index is 0.845. The van der Waals surface area contributed by atoms with Gasteiger partial charge in [0.05, 0.1) is 0 Å². The zero-order valence-electron chi connectivity index (χ0n) is 12.1. The number of rotatable bonds is 3. The Hall–Kier alpha value is -2.10. The summed E-state index contributed by atoms with van der Waals surface area (Å²) in [4.78, 5) is 11.5. The van der Waals surface area contributed by atoms with E-state index in [9.17, 15) is 0 Å². The van der Waals surface area contributed by atoms with E-state index in [0.717, 1.165) is 36.2 Å². The highest BCUT2D eigenvalue weighted by atomic mass is 15.3. The minimum atomic E-state index is 0.845. The summed E-state index contributed by atoms with van der Waals surface area (Å²) in [5, 5.41) is 3.37. The molecular weight excluding hydrogens is 248 g/mol. The molecule has 4 heteroatoms. The molecule has 1 saturated heterocycles. The van der Waals surface area contributed by atoms with Crippen LogP contribution in [0.2, 0.25) is 0 Å². The van der Waals surface area contributed by atoms with Crippen molar-refractivity contribution in [2.45, 2.75) is 26.7 Å². The third kappa shape index (κ3) is 2.90. The van der Waals surface area contributed by atoms with Gasteiger partial charge in [0.15, 0.2) is 0 Å². The van der Waals surface area contributed by atoms with Crippen LogP contribution in [-0.4, -0.2) is 23.1 Å². The Morgan fingerprint density at radius 2 is 1.85 bits per heavy atom. The summed E-state index contributed by atoms with van der Waals surface area (Å²) in [7, 11) is 0. The first kappa shape index (κ1) is 12.9. The molecular formula is C16H20N4. The van der Waals surface area contributed by atoms with Crippen LogP contribution in [0.1, 0.15) is 24.1 Å². The van der Waals surface area contributed by atoms with Crippen molar-refractivity contribution in [3.8, 4) is 0 Å². The van der Waals surface area contributed by atoms with Crippen LogP contribution in [0, 0.1) is 13.8 Å². The van der Waals surface area contributed by atoms with Crippen molar-refractivity contribution in [2.75, 3.05) is 23.3 Å². The van der Waals surface area contributed by atoms with E-state index in [4.69, 9.17) is 0 Å². The van der Waals surface area contributed by atoms with Gasteiger partial charge in [-0.15, -0.1) is 0 Å². The Morgan fingerprint density at radius 3 is 2.60 bits per heavy atom. The molecule has 0 bridgehead atoms. The van der Waals surface area contributed by atoms with E-state index in [1.807, 2.05) is 19.1 Å². The van der Waals surface area contributed by atoms with Gasteiger partial charge in [-0.25, -0.2) is 4.98 Å². The molecule has 1 aliphatic rings. The highest BCUT2D eigenvalue weighted by molar-refractivity contribution is 5.58. The smallest absolute Gasteiger partial charge is 0.227 e. The van der Waals surface area contributed by atoms with Crippen molar-refractivity contribution in [3.63, 3.8) is 0 Å². The Labute approximate surface area is 119 Å². The maximum Gasteiger partial charge on any atom is 0.227 e. The lowest BCUT2D eigenvalue weighted by molar-refractivity contribution is 0.891. The van der Waals surface area contributed by atoms with E-state index in [-0.39, 0.29) is 0 Å². The molecule has 1 aromatic carbocycles. The predicted molar refractivity (Wildman–Crippen MR) is 82.7 cm³/mol. The number of anilines is 3. The molecule has 0 atom stereocenters. The summed E-state index contributed by atoms with van der Waals surface area (Å²) >= 11 is 0. The summed E-state index contributed by atoms with van der Waals surface area (Å²) in [6, 6.07) is 10.3. The molecule has 2 aromatic rings. The Bertz CT molecular complexity index is 603. The average molecular weight is 268 g/mol. The van der Waals surface area contributed by atoms with E-state index in [2.05, 4.69) is 45.3 Å². The normalized spacial score (nSPS) is 14.6. The Morgan fingerprint density at radius 1 is 1.05 bits per heavy atom. The molecule has 0 aliphatic carbocycles. The standard InChI is InChI=1S/C16H20N4/c1-12-6-5-7-14(10-12)18-15-11-13(2)17-16(19-15)20-8-3-4-9-20/h5-7,10-11H,3-4,8-9H2,1-2H3,(H,17,18,19). The molecule has 0 spiro atoms. The van der Waals surface area contributed by atoms with E-state index in [1.165, 1.54) is 18.4 Å².